The van der Waals surface area contributed by atoms with Crippen molar-refractivity contribution in [2.24, 2.45) is 0 Å². The Morgan fingerprint density at radius 3 is 2.61 bits per heavy atom. The Bertz CT molecular complexity index is 655. The quantitative estimate of drug-likeness (QED) is 0.924. The molecule has 0 unspecified atom stereocenters. The van der Waals surface area contributed by atoms with E-state index in [2.05, 4.69) is 9.97 Å². The molecule has 2 aromatic rings. The molecule has 2 fully saturated rings. The van der Waals surface area contributed by atoms with Crippen molar-refractivity contribution in [1.82, 2.24) is 9.97 Å². The lowest BCUT2D eigenvalue weighted by molar-refractivity contribution is -0.279. The van der Waals surface area contributed by atoms with Crippen LogP contribution < -0.4 is 0 Å². The number of benzene rings is 1. The predicted octanol–water partition coefficient (Wildman–Crippen LogP) is 3.20. The first-order valence-electron chi connectivity index (χ1n) is 7.92. The second-order valence-electron chi connectivity index (χ2n) is 6.13. The molecule has 1 N–H and O–H groups in total. The second kappa shape index (κ2) is 6.03. The molecular weight excluding hydrogens is 299 g/mol. The van der Waals surface area contributed by atoms with Crippen molar-refractivity contribution in [2.45, 2.75) is 31.2 Å². The molecule has 1 aromatic carbocycles. The number of H-pyrrole nitrogens is 1. The fourth-order valence-corrected chi connectivity index (χ4v) is 3.07. The Hall–Kier alpha value is -1.76. The highest BCUT2D eigenvalue weighted by molar-refractivity contribution is 5.58. The van der Waals surface area contributed by atoms with Crippen LogP contribution in [0.4, 0.5) is 4.39 Å². The summed E-state index contributed by atoms with van der Waals surface area (Å²) >= 11 is 0. The summed E-state index contributed by atoms with van der Waals surface area (Å²) in [5.74, 6) is 0.361. The molecule has 0 saturated carbocycles. The zero-order valence-electron chi connectivity index (χ0n) is 12.8. The molecule has 122 valence electrons. The molecule has 0 atom stereocenters. The summed E-state index contributed by atoms with van der Waals surface area (Å²) in [5, 5.41) is 0. The molecule has 2 saturated heterocycles. The zero-order valence-corrected chi connectivity index (χ0v) is 12.8. The van der Waals surface area contributed by atoms with Gasteiger partial charge in [-0.3, -0.25) is 0 Å². The number of hydrogen-bond acceptors (Lipinski definition) is 4. The third-order valence-electron chi connectivity index (χ3n) is 4.40. The number of nitrogens with zero attached hydrogens (tertiary/aromatic N) is 1. The van der Waals surface area contributed by atoms with E-state index in [-0.39, 0.29) is 11.4 Å². The van der Waals surface area contributed by atoms with Crippen LogP contribution in [0.5, 0.6) is 0 Å². The summed E-state index contributed by atoms with van der Waals surface area (Å²) < 4.78 is 30.5. The van der Waals surface area contributed by atoms with Gasteiger partial charge in [0.05, 0.1) is 25.1 Å². The lowest BCUT2D eigenvalue weighted by Crippen LogP contribution is -2.49. The minimum Gasteiger partial charge on any atom is -0.370 e. The van der Waals surface area contributed by atoms with Crippen LogP contribution in [0.1, 0.15) is 31.4 Å². The van der Waals surface area contributed by atoms with Gasteiger partial charge in [-0.2, -0.15) is 0 Å². The minimum atomic E-state index is -0.514. The van der Waals surface area contributed by atoms with E-state index < -0.39 is 6.29 Å². The number of imidazole rings is 1. The van der Waals surface area contributed by atoms with Crippen molar-refractivity contribution in [3.8, 4) is 11.3 Å². The average molecular weight is 318 g/mol. The summed E-state index contributed by atoms with van der Waals surface area (Å²) in [6.45, 7) is 1.81. The number of halogens is 1. The van der Waals surface area contributed by atoms with Crippen molar-refractivity contribution in [3.05, 3.63) is 42.1 Å². The molecule has 2 aliphatic heterocycles. The van der Waals surface area contributed by atoms with E-state index in [1.807, 2.05) is 0 Å². The Morgan fingerprint density at radius 1 is 1.13 bits per heavy atom. The topological polar surface area (TPSA) is 56.4 Å². The van der Waals surface area contributed by atoms with E-state index >= 15 is 0 Å². The Kier molecular flexibility index (Phi) is 3.88. The molecule has 1 aromatic heterocycles. The maximum absolute atomic E-state index is 13.0. The van der Waals surface area contributed by atoms with E-state index in [0.29, 0.717) is 19.0 Å². The summed E-state index contributed by atoms with van der Waals surface area (Å²) in [6.07, 6.45) is 4.41. The third kappa shape index (κ3) is 3.02. The highest BCUT2D eigenvalue weighted by Gasteiger charge is 2.40. The van der Waals surface area contributed by atoms with E-state index in [4.69, 9.17) is 14.2 Å². The fourth-order valence-electron chi connectivity index (χ4n) is 3.07. The summed E-state index contributed by atoms with van der Waals surface area (Å²) in [5.41, 5.74) is 1.38. The third-order valence-corrected chi connectivity index (χ3v) is 4.40. The van der Waals surface area contributed by atoms with Gasteiger partial charge in [0.15, 0.2) is 5.82 Å². The van der Waals surface area contributed by atoms with Gasteiger partial charge in [0, 0.05) is 6.61 Å². The lowest BCUT2D eigenvalue weighted by Gasteiger charge is -2.41. The Labute approximate surface area is 133 Å². The van der Waals surface area contributed by atoms with E-state index in [1.54, 1.807) is 18.3 Å². The van der Waals surface area contributed by atoms with Gasteiger partial charge >= 0.3 is 0 Å². The average Bonchev–Trinajstić information content (AvgIpc) is 3.07. The van der Waals surface area contributed by atoms with Gasteiger partial charge in [0.2, 0.25) is 6.29 Å². The van der Waals surface area contributed by atoms with Gasteiger partial charge in [-0.05, 0) is 49.1 Å². The monoisotopic (exact) mass is 318 g/mol. The van der Waals surface area contributed by atoms with E-state index in [0.717, 1.165) is 37.1 Å². The summed E-state index contributed by atoms with van der Waals surface area (Å²) in [7, 11) is 0. The van der Waals surface area contributed by atoms with Gasteiger partial charge in [-0.15, -0.1) is 0 Å². The van der Waals surface area contributed by atoms with E-state index in [1.165, 1.54) is 12.1 Å². The second-order valence-corrected chi connectivity index (χ2v) is 6.13. The molecule has 3 heterocycles. The molecule has 23 heavy (non-hydrogen) atoms. The molecule has 5 nitrogen and oxygen atoms in total. The number of hydrogen-bond donors (Lipinski definition) is 1. The highest BCUT2D eigenvalue weighted by atomic mass is 19.1. The molecule has 0 radical (unpaired) electrons. The van der Waals surface area contributed by atoms with Gasteiger partial charge in [-0.25, -0.2) is 9.37 Å². The van der Waals surface area contributed by atoms with Crippen LogP contribution in [0.2, 0.25) is 0 Å². The van der Waals surface area contributed by atoms with Gasteiger partial charge in [-0.1, -0.05) is 0 Å². The van der Waals surface area contributed by atoms with Crippen molar-refractivity contribution >= 4 is 0 Å². The first-order chi connectivity index (χ1) is 11.2. The first-order valence-corrected chi connectivity index (χ1v) is 7.92. The standard InChI is InChI=1S/C17H19FN2O3/c18-13-5-3-12(4-6-13)14-9-19-15(20-14)16-21-10-17(11-22-16)7-1-2-8-23-17/h3-6,9,16H,1-2,7-8,10-11H2,(H,19,20). The zero-order chi connectivity index (χ0) is 15.7. The van der Waals surface area contributed by atoms with Crippen molar-refractivity contribution in [2.75, 3.05) is 19.8 Å². The van der Waals surface area contributed by atoms with Crippen molar-refractivity contribution in [3.63, 3.8) is 0 Å². The first kappa shape index (κ1) is 14.8. The largest absolute Gasteiger partial charge is 0.370 e. The highest BCUT2D eigenvalue weighted by Crippen LogP contribution is 2.34. The molecule has 0 amide bonds. The number of aromatic nitrogens is 2. The number of rotatable bonds is 2. The molecule has 1 spiro atoms. The van der Waals surface area contributed by atoms with Crippen LogP contribution in [-0.2, 0) is 14.2 Å². The molecule has 6 heteroatoms. The van der Waals surface area contributed by atoms with Gasteiger partial charge in [0.1, 0.15) is 11.4 Å². The van der Waals surface area contributed by atoms with Gasteiger partial charge < -0.3 is 19.2 Å². The predicted molar refractivity (Wildman–Crippen MR) is 81.2 cm³/mol. The fraction of sp³-hybridized carbons (Fsp3) is 0.471. The van der Waals surface area contributed by atoms with Gasteiger partial charge in [0.25, 0.3) is 0 Å². The Balaban J connectivity index is 1.44. The number of nitrogens with one attached hydrogen (secondary N) is 1. The smallest absolute Gasteiger partial charge is 0.217 e. The van der Waals surface area contributed by atoms with Crippen LogP contribution in [0.3, 0.4) is 0 Å². The summed E-state index contributed by atoms with van der Waals surface area (Å²) in [4.78, 5) is 7.52. The van der Waals surface area contributed by atoms with Crippen LogP contribution in [0, 0.1) is 5.82 Å². The summed E-state index contributed by atoms with van der Waals surface area (Å²) in [6, 6.07) is 6.27. The van der Waals surface area contributed by atoms with Crippen molar-refractivity contribution < 1.29 is 18.6 Å². The van der Waals surface area contributed by atoms with E-state index in [9.17, 15) is 4.39 Å². The number of aromatic amines is 1. The number of ether oxygens (including phenoxy) is 3. The maximum atomic E-state index is 13.0. The lowest BCUT2D eigenvalue weighted by atomic mass is 9.95. The van der Waals surface area contributed by atoms with Crippen molar-refractivity contribution in [1.29, 1.82) is 0 Å². The molecule has 0 aliphatic carbocycles. The molecular formula is C17H19FN2O3. The van der Waals surface area contributed by atoms with Crippen LogP contribution in [-0.4, -0.2) is 35.4 Å². The minimum absolute atomic E-state index is 0.259. The van der Waals surface area contributed by atoms with Crippen LogP contribution in [0.15, 0.2) is 30.5 Å². The SMILES string of the molecule is Fc1ccc(-c2cnc(C3OCC4(CCCCO4)CO3)[nH]2)cc1. The molecule has 2 aliphatic rings. The maximum Gasteiger partial charge on any atom is 0.217 e. The normalized spacial score (nSPS) is 28.1. The Morgan fingerprint density at radius 2 is 1.91 bits per heavy atom. The van der Waals surface area contributed by atoms with Crippen LogP contribution in [0.25, 0.3) is 11.3 Å². The molecule has 4 rings (SSSR count). The van der Waals surface area contributed by atoms with Crippen LogP contribution >= 0.6 is 0 Å². The molecule has 0 bridgehead atoms.